The summed E-state index contributed by atoms with van der Waals surface area (Å²) in [6.45, 7) is 13.4. The summed E-state index contributed by atoms with van der Waals surface area (Å²) in [6, 6.07) is 0. The van der Waals surface area contributed by atoms with Crippen LogP contribution < -0.4 is 0 Å². The van der Waals surface area contributed by atoms with E-state index in [0.29, 0.717) is 17.9 Å². The molecule has 1 aliphatic rings. The van der Waals surface area contributed by atoms with Crippen LogP contribution in [-0.4, -0.2) is 39.1 Å². The largest absolute Gasteiger partial charge is 0.448 e. The van der Waals surface area contributed by atoms with Crippen molar-refractivity contribution < 1.29 is 19.1 Å². The average molecular weight is 323 g/mol. The van der Waals surface area contributed by atoms with Crippen molar-refractivity contribution in [3.8, 4) is 0 Å². The second kappa shape index (κ2) is 5.54. The summed E-state index contributed by atoms with van der Waals surface area (Å²) in [6.07, 6.45) is -0.940. The monoisotopic (exact) mass is 323 g/mol. The molecule has 1 aromatic heterocycles. The smallest absolute Gasteiger partial charge is 0.435 e. The highest BCUT2D eigenvalue weighted by molar-refractivity contribution is 5.75. The van der Waals surface area contributed by atoms with Crippen LogP contribution in [0.4, 0.5) is 9.59 Å². The van der Waals surface area contributed by atoms with E-state index >= 15 is 0 Å². The zero-order valence-corrected chi connectivity index (χ0v) is 14.9. The molecule has 0 aromatic carbocycles. The molecular formula is C16H25N3O4. The number of aromatic nitrogens is 2. The van der Waals surface area contributed by atoms with Crippen LogP contribution in [-0.2, 0) is 21.6 Å². The number of carbonyl (C=O) groups excluding carboxylic acids is 2. The summed E-state index contributed by atoms with van der Waals surface area (Å²) >= 11 is 0. The predicted molar refractivity (Wildman–Crippen MR) is 84.2 cm³/mol. The maximum Gasteiger partial charge on any atom is 0.435 e. The number of nitrogens with zero attached hydrogens (tertiary/aromatic N) is 3. The van der Waals surface area contributed by atoms with Gasteiger partial charge in [-0.2, -0.15) is 9.78 Å². The van der Waals surface area contributed by atoms with Gasteiger partial charge in [0, 0.05) is 5.56 Å². The molecule has 7 heteroatoms. The van der Waals surface area contributed by atoms with Crippen molar-refractivity contribution in [1.29, 1.82) is 0 Å². The van der Waals surface area contributed by atoms with Gasteiger partial charge in [-0.25, -0.2) is 9.59 Å². The molecule has 1 aliphatic heterocycles. The van der Waals surface area contributed by atoms with E-state index in [1.54, 1.807) is 11.8 Å². The molecular weight excluding hydrogens is 298 g/mol. The van der Waals surface area contributed by atoms with Crippen LogP contribution in [0.2, 0.25) is 0 Å². The molecule has 0 fully saturated rings. The molecule has 7 nitrogen and oxygen atoms in total. The number of hydrogen-bond donors (Lipinski definition) is 0. The summed E-state index contributed by atoms with van der Waals surface area (Å²) in [5.74, 6) is 0. The number of fused-ring (bicyclic) bond motifs is 1. The molecule has 0 saturated carbocycles. The van der Waals surface area contributed by atoms with E-state index < -0.39 is 23.3 Å². The standard InChI is InChI=1S/C16H25N3O4/c1-8-22-14(21)19-12-11(10(2)17-19)9-18(16(12,6)7)13(20)23-15(3,4)5/h8-9H2,1-7H3. The van der Waals surface area contributed by atoms with Crippen LogP contribution >= 0.6 is 0 Å². The van der Waals surface area contributed by atoms with Crippen molar-refractivity contribution >= 4 is 12.2 Å². The van der Waals surface area contributed by atoms with Crippen molar-refractivity contribution in [3.63, 3.8) is 0 Å². The Morgan fingerprint density at radius 3 is 2.39 bits per heavy atom. The quantitative estimate of drug-likeness (QED) is 0.793. The van der Waals surface area contributed by atoms with Crippen LogP contribution in [0, 0.1) is 6.92 Å². The Hall–Kier alpha value is -2.05. The highest BCUT2D eigenvalue weighted by Crippen LogP contribution is 2.41. The molecule has 0 N–H and O–H groups in total. The van der Waals surface area contributed by atoms with Gasteiger partial charge in [-0.3, -0.25) is 4.90 Å². The highest BCUT2D eigenvalue weighted by atomic mass is 16.6. The van der Waals surface area contributed by atoms with E-state index in [2.05, 4.69) is 5.10 Å². The second-order valence-electron chi connectivity index (χ2n) is 7.15. The first-order valence-electron chi connectivity index (χ1n) is 7.75. The third-order valence-corrected chi connectivity index (χ3v) is 3.81. The Kier molecular flexibility index (Phi) is 4.17. The van der Waals surface area contributed by atoms with Gasteiger partial charge in [0.25, 0.3) is 0 Å². The van der Waals surface area contributed by atoms with Crippen LogP contribution in [0.15, 0.2) is 0 Å². The van der Waals surface area contributed by atoms with Gasteiger partial charge in [0.2, 0.25) is 0 Å². The number of aryl methyl sites for hydroxylation is 1. The minimum Gasteiger partial charge on any atom is -0.448 e. The van der Waals surface area contributed by atoms with Gasteiger partial charge < -0.3 is 9.47 Å². The molecule has 2 rings (SSSR count). The van der Waals surface area contributed by atoms with Gasteiger partial charge >= 0.3 is 12.2 Å². The van der Waals surface area contributed by atoms with Crippen molar-refractivity contribution in [1.82, 2.24) is 14.7 Å². The van der Waals surface area contributed by atoms with Crippen molar-refractivity contribution in [2.75, 3.05) is 6.61 Å². The minimum atomic E-state index is -0.717. The molecule has 1 amide bonds. The zero-order chi connectivity index (χ0) is 17.6. The fourth-order valence-electron chi connectivity index (χ4n) is 2.79. The van der Waals surface area contributed by atoms with Gasteiger partial charge in [-0.1, -0.05) is 0 Å². The molecule has 0 aliphatic carbocycles. The Morgan fingerprint density at radius 1 is 1.26 bits per heavy atom. The first-order valence-corrected chi connectivity index (χ1v) is 7.75. The van der Waals surface area contributed by atoms with Crippen molar-refractivity contribution in [2.45, 2.75) is 66.2 Å². The third kappa shape index (κ3) is 3.04. The molecule has 0 saturated heterocycles. The normalized spacial score (nSPS) is 16.2. The van der Waals surface area contributed by atoms with Crippen LogP contribution in [0.25, 0.3) is 0 Å². The molecule has 0 spiro atoms. The summed E-state index contributed by atoms with van der Waals surface area (Å²) in [5.41, 5.74) is 0.968. The molecule has 128 valence electrons. The zero-order valence-electron chi connectivity index (χ0n) is 14.9. The van der Waals surface area contributed by atoms with Gasteiger partial charge in [0.15, 0.2) is 0 Å². The molecule has 1 aromatic rings. The highest BCUT2D eigenvalue weighted by Gasteiger charge is 2.47. The average Bonchev–Trinajstić information content (AvgIpc) is 2.84. The Bertz CT molecular complexity index is 640. The Morgan fingerprint density at radius 2 is 1.87 bits per heavy atom. The first kappa shape index (κ1) is 17.3. The van der Waals surface area contributed by atoms with Gasteiger partial charge in [0.05, 0.1) is 30.1 Å². The van der Waals surface area contributed by atoms with E-state index in [9.17, 15) is 9.59 Å². The van der Waals surface area contributed by atoms with E-state index in [1.807, 2.05) is 41.5 Å². The fraction of sp³-hybridized carbons (Fsp3) is 0.688. The lowest BCUT2D eigenvalue weighted by atomic mass is 10.0. The van der Waals surface area contributed by atoms with Crippen molar-refractivity contribution in [2.24, 2.45) is 0 Å². The van der Waals surface area contributed by atoms with Gasteiger partial charge in [-0.05, 0) is 48.5 Å². The van der Waals surface area contributed by atoms with Gasteiger partial charge in [-0.15, -0.1) is 0 Å². The summed E-state index contributed by atoms with van der Waals surface area (Å²) in [4.78, 5) is 26.3. The lowest BCUT2D eigenvalue weighted by Gasteiger charge is -2.34. The lowest BCUT2D eigenvalue weighted by molar-refractivity contribution is 0.00380. The van der Waals surface area contributed by atoms with Crippen LogP contribution in [0.3, 0.4) is 0 Å². The molecule has 0 atom stereocenters. The molecule has 2 heterocycles. The van der Waals surface area contributed by atoms with Crippen LogP contribution in [0.1, 0.15) is 58.5 Å². The van der Waals surface area contributed by atoms with E-state index in [-0.39, 0.29) is 6.61 Å². The number of rotatable bonds is 1. The summed E-state index contributed by atoms with van der Waals surface area (Å²) in [7, 11) is 0. The van der Waals surface area contributed by atoms with E-state index in [0.717, 1.165) is 5.56 Å². The summed E-state index contributed by atoms with van der Waals surface area (Å²) in [5, 5.41) is 4.28. The van der Waals surface area contributed by atoms with E-state index in [1.165, 1.54) is 4.68 Å². The molecule has 0 unspecified atom stereocenters. The SMILES string of the molecule is CCOC(=O)n1nc(C)c2c1C(C)(C)N(C(=O)OC(C)(C)C)C2. The van der Waals surface area contributed by atoms with Gasteiger partial charge in [0.1, 0.15) is 5.60 Å². The maximum atomic E-state index is 12.5. The van der Waals surface area contributed by atoms with Crippen LogP contribution in [0.5, 0.6) is 0 Å². The van der Waals surface area contributed by atoms with Crippen molar-refractivity contribution in [3.05, 3.63) is 17.0 Å². The maximum absolute atomic E-state index is 12.5. The third-order valence-electron chi connectivity index (χ3n) is 3.81. The fourth-order valence-corrected chi connectivity index (χ4v) is 2.79. The topological polar surface area (TPSA) is 73.7 Å². The number of carbonyl (C=O) groups is 2. The summed E-state index contributed by atoms with van der Waals surface area (Å²) < 4.78 is 11.8. The van der Waals surface area contributed by atoms with E-state index in [4.69, 9.17) is 9.47 Å². The predicted octanol–water partition coefficient (Wildman–Crippen LogP) is 3.18. The molecule has 0 bridgehead atoms. The Labute approximate surface area is 136 Å². The molecule has 23 heavy (non-hydrogen) atoms. The number of amides is 1. The first-order chi connectivity index (χ1) is 10.5. The minimum absolute atomic E-state index is 0.267. The number of ether oxygens (including phenoxy) is 2. The Balaban J connectivity index is 2.40. The second-order valence-corrected chi connectivity index (χ2v) is 7.15. The molecule has 0 radical (unpaired) electrons. The number of hydrogen-bond acceptors (Lipinski definition) is 5. The lowest BCUT2D eigenvalue weighted by Crippen LogP contribution is -2.44.